The van der Waals surface area contributed by atoms with E-state index in [-0.39, 0.29) is 12.3 Å². The average Bonchev–Trinajstić information content (AvgIpc) is 3.35. The Labute approximate surface area is 222 Å². The van der Waals surface area contributed by atoms with E-state index < -0.39 is 0 Å². The number of hydrogen-bond donors (Lipinski definition) is 1. The van der Waals surface area contributed by atoms with E-state index in [4.69, 9.17) is 10.00 Å². The van der Waals surface area contributed by atoms with E-state index in [1.165, 1.54) is 6.20 Å². The van der Waals surface area contributed by atoms with Crippen molar-refractivity contribution in [2.75, 3.05) is 12.4 Å². The van der Waals surface area contributed by atoms with Crippen LogP contribution in [0.5, 0.6) is 5.75 Å². The summed E-state index contributed by atoms with van der Waals surface area (Å²) in [6.07, 6.45) is 4.00. The summed E-state index contributed by atoms with van der Waals surface area (Å²) < 4.78 is 7.34. The summed E-state index contributed by atoms with van der Waals surface area (Å²) in [5.74, 6) is 1.08. The van der Waals surface area contributed by atoms with Gasteiger partial charge in [0, 0.05) is 29.6 Å². The maximum Gasteiger partial charge on any atom is 0.230 e. The monoisotopic (exact) mass is 504 g/mol. The van der Waals surface area contributed by atoms with E-state index >= 15 is 0 Å². The summed E-state index contributed by atoms with van der Waals surface area (Å²) in [7, 11) is 1.59. The van der Waals surface area contributed by atoms with Gasteiger partial charge in [-0.2, -0.15) is 15.6 Å². The van der Waals surface area contributed by atoms with Crippen LogP contribution in [0.2, 0.25) is 0 Å². The van der Waals surface area contributed by atoms with Crippen molar-refractivity contribution in [3.63, 3.8) is 0 Å². The van der Waals surface area contributed by atoms with Crippen molar-refractivity contribution in [1.29, 1.82) is 10.5 Å². The average molecular weight is 505 g/mol. The lowest BCUT2D eigenvalue weighted by Gasteiger charge is -2.19. The molecule has 0 radical (unpaired) electrons. The van der Waals surface area contributed by atoms with Crippen LogP contribution in [0.15, 0.2) is 67.0 Å². The smallest absolute Gasteiger partial charge is 0.230 e. The van der Waals surface area contributed by atoms with Crippen LogP contribution in [-0.2, 0) is 24.2 Å². The standard InChI is InChI=1S/C30H28N6O2/c1-20(2)13-25-26(17-32)30(22-7-5-4-6-8-22)23(14-27(25)38-3)15-29(37)34-28-11-12-36(35-28)19-24-10-9-21(16-31)18-33-24/h4-12,14,18,20H,13,15,19H2,1-3H3,(H,34,35,37). The van der Waals surface area contributed by atoms with Crippen molar-refractivity contribution in [1.82, 2.24) is 14.8 Å². The maximum absolute atomic E-state index is 13.1. The number of nitrogens with zero attached hydrogens (tertiary/aromatic N) is 5. The molecule has 0 saturated heterocycles. The number of rotatable bonds is 9. The van der Waals surface area contributed by atoms with E-state index in [2.05, 4.69) is 35.3 Å². The van der Waals surface area contributed by atoms with Gasteiger partial charge in [-0.05, 0) is 41.7 Å². The zero-order valence-corrected chi connectivity index (χ0v) is 21.6. The third-order valence-electron chi connectivity index (χ3n) is 6.02. The Bertz CT molecular complexity index is 1510. The minimum Gasteiger partial charge on any atom is -0.496 e. The van der Waals surface area contributed by atoms with Gasteiger partial charge in [0.1, 0.15) is 17.9 Å². The van der Waals surface area contributed by atoms with Gasteiger partial charge in [-0.25, -0.2) is 0 Å². The predicted molar refractivity (Wildman–Crippen MR) is 144 cm³/mol. The van der Waals surface area contributed by atoms with Crippen molar-refractivity contribution in [2.45, 2.75) is 33.2 Å². The molecule has 0 aliphatic rings. The van der Waals surface area contributed by atoms with Gasteiger partial charge in [0.15, 0.2) is 5.82 Å². The molecule has 0 spiro atoms. The van der Waals surface area contributed by atoms with E-state index in [1.807, 2.05) is 42.5 Å². The highest BCUT2D eigenvalue weighted by Gasteiger charge is 2.22. The van der Waals surface area contributed by atoms with Gasteiger partial charge in [-0.3, -0.25) is 14.5 Å². The van der Waals surface area contributed by atoms with E-state index in [0.29, 0.717) is 47.1 Å². The molecule has 4 aromatic rings. The number of aromatic nitrogens is 3. The number of nitrogens with one attached hydrogen (secondary N) is 1. The first-order chi connectivity index (χ1) is 18.4. The molecule has 1 N–H and O–H groups in total. The molecule has 0 unspecified atom stereocenters. The second-order valence-electron chi connectivity index (χ2n) is 9.32. The molecule has 190 valence electrons. The lowest BCUT2D eigenvalue weighted by Crippen LogP contribution is -2.17. The number of benzene rings is 2. The normalized spacial score (nSPS) is 10.6. The van der Waals surface area contributed by atoms with Crippen molar-refractivity contribution in [2.24, 2.45) is 5.92 Å². The molecule has 1 amide bonds. The van der Waals surface area contributed by atoms with Gasteiger partial charge in [0.05, 0.1) is 36.9 Å². The van der Waals surface area contributed by atoms with Crippen LogP contribution in [0, 0.1) is 28.6 Å². The zero-order valence-electron chi connectivity index (χ0n) is 21.6. The number of carbonyl (C=O) groups is 1. The van der Waals surface area contributed by atoms with Crippen LogP contribution in [0.3, 0.4) is 0 Å². The molecule has 0 bridgehead atoms. The van der Waals surface area contributed by atoms with Gasteiger partial charge < -0.3 is 10.1 Å². The number of anilines is 1. The molecule has 8 heteroatoms. The molecule has 0 aliphatic carbocycles. The second-order valence-corrected chi connectivity index (χ2v) is 9.32. The minimum absolute atomic E-state index is 0.0429. The number of hydrogen-bond acceptors (Lipinski definition) is 6. The highest BCUT2D eigenvalue weighted by atomic mass is 16.5. The van der Waals surface area contributed by atoms with E-state index in [9.17, 15) is 10.1 Å². The van der Waals surface area contributed by atoms with Gasteiger partial charge in [0.25, 0.3) is 0 Å². The van der Waals surface area contributed by atoms with Crippen LogP contribution >= 0.6 is 0 Å². The number of ether oxygens (including phenoxy) is 1. The number of pyridine rings is 1. The third kappa shape index (κ3) is 6.05. The van der Waals surface area contributed by atoms with Crippen LogP contribution < -0.4 is 10.1 Å². The Morgan fingerprint density at radius 2 is 1.89 bits per heavy atom. The van der Waals surface area contributed by atoms with Crippen molar-refractivity contribution in [3.8, 4) is 29.0 Å². The summed E-state index contributed by atoms with van der Waals surface area (Å²) in [6, 6.07) is 21.1. The number of amides is 1. The molecule has 0 saturated carbocycles. The third-order valence-corrected chi connectivity index (χ3v) is 6.02. The molecule has 4 rings (SSSR count). The zero-order chi connectivity index (χ0) is 27.1. The highest BCUT2D eigenvalue weighted by Crippen LogP contribution is 2.37. The molecular formula is C30H28N6O2. The molecule has 0 fully saturated rings. The lowest BCUT2D eigenvalue weighted by molar-refractivity contribution is -0.115. The van der Waals surface area contributed by atoms with Crippen LogP contribution in [0.4, 0.5) is 5.82 Å². The van der Waals surface area contributed by atoms with E-state index in [1.54, 1.807) is 36.2 Å². The van der Waals surface area contributed by atoms with Gasteiger partial charge in [-0.1, -0.05) is 44.2 Å². The van der Waals surface area contributed by atoms with E-state index in [0.717, 1.165) is 22.4 Å². The number of nitriles is 2. The summed E-state index contributed by atoms with van der Waals surface area (Å²) in [4.78, 5) is 17.4. The molecule has 2 aromatic heterocycles. The first kappa shape index (κ1) is 26.1. The largest absolute Gasteiger partial charge is 0.496 e. The fourth-order valence-electron chi connectivity index (χ4n) is 4.37. The van der Waals surface area contributed by atoms with Gasteiger partial charge in [0.2, 0.25) is 5.91 Å². The molecule has 8 nitrogen and oxygen atoms in total. The Morgan fingerprint density at radius 3 is 2.53 bits per heavy atom. The Morgan fingerprint density at radius 1 is 1.11 bits per heavy atom. The Kier molecular flexibility index (Phi) is 8.15. The molecule has 2 heterocycles. The summed E-state index contributed by atoms with van der Waals surface area (Å²) in [5, 5.41) is 26.4. The first-order valence-electron chi connectivity index (χ1n) is 12.3. The van der Waals surface area contributed by atoms with Crippen LogP contribution in [0.25, 0.3) is 11.1 Å². The fourth-order valence-corrected chi connectivity index (χ4v) is 4.37. The lowest BCUT2D eigenvalue weighted by atomic mass is 9.86. The van der Waals surface area contributed by atoms with Gasteiger partial charge >= 0.3 is 0 Å². The molecule has 2 aromatic carbocycles. The SMILES string of the molecule is COc1cc(CC(=O)Nc2ccn(Cc3ccc(C#N)cn3)n2)c(-c2ccccc2)c(C#N)c1CC(C)C. The number of methoxy groups -OCH3 is 1. The molecule has 0 aliphatic heterocycles. The van der Waals surface area contributed by atoms with Crippen LogP contribution in [-0.4, -0.2) is 27.8 Å². The summed E-state index contributed by atoms with van der Waals surface area (Å²) in [5.41, 5.74) is 4.95. The van der Waals surface area contributed by atoms with Crippen molar-refractivity contribution in [3.05, 3.63) is 94.9 Å². The van der Waals surface area contributed by atoms with Crippen LogP contribution in [0.1, 0.15) is 41.8 Å². The Hall–Kier alpha value is -4.95. The van der Waals surface area contributed by atoms with Crippen molar-refractivity contribution >= 4 is 11.7 Å². The maximum atomic E-state index is 13.1. The number of carbonyl (C=O) groups excluding carboxylic acids is 1. The second kappa shape index (κ2) is 11.9. The summed E-state index contributed by atoms with van der Waals surface area (Å²) in [6.45, 7) is 4.60. The van der Waals surface area contributed by atoms with Gasteiger partial charge in [-0.15, -0.1) is 0 Å². The highest BCUT2D eigenvalue weighted by molar-refractivity contribution is 5.93. The predicted octanol–water partition coefficient (Wildman–Crippen LogP) is 5.13. The topological polar surface area (TPSA) is 117 Å². The fraction of sp³-hybridized carbons (Fsp3) is 0.233. The Balaban J connectivity index is 1.60. The van der Waals surface area contributed by atoms with Crippen molar-refractivity contribution < 1.29 is 9.53 Å². The molecule has 38 heavy (non-hydrogen) atoms. The first-order valence-corrected chi connectivity index (χ1v) is 12.3. The molecular weight excluding hydrogens is 476 g/mol. The summed E-state index contributed by atoms with van der Waals surface area (Å²) >= 11 is 0. The minimum atomic E-state index is -0.258. The molecule has 0 atom stereocenters. The quantitative estimate of drug-likeness (QED) is 0.338.